The van der Waals surface area contributed by atoms with Gasteiger partial charge >= 0.3 is 0 Å². The molecular formula is C18H13ClO3. The Morgan fingerprint density at radius 1 is 1.09 bits per heavy atom. The Kier molecular flexibility index (Phi) is 3.59. The Balaban J connectivity index is 2.42. The van der Waals surface area contributed by atoms with Crippen molar-refractivity contribution in [3.63, 3.8) is 0 Å². The highest BCUT2D eigenvalue weighted by Crippen LogP contribution is 2.28. The van der Waals surface area contributed by atoms with Crippen LogP contribution in [0.1, 0.15) is 21.5 Å². The standard InChI is InChI=1S/C18H13ClO3/c1-10-5-3-6-12(9-10)16-11(2)15(20)13-7-4-8-14(18(19)21)17(13)22-16/h3-9H,1-2H3. The summed E-state index contributed by atoms with van der Waals surface area (Å²) >= 11 is 5.60. The van der Waals surface area contributed by atoms with E-state index < -0.39 is 5.24 Å². The number of hydrogen-bond donors (Lipinski definition) is 0. The van der Waals surface area contributed by atoms with Crippen LogP contribution in [0.3, 0.4) is 0 Å². The largest absolute Gasteiger partial charge is 0.455 e. The fourth-order valence-electron chi connectivity index (χ4n) is 2.53. The molecule has 0 atom stereocenters. The molecule has 1 heterocycles. The van der Waals surface area contributed by atoms with Crippen molar-refractivity contribution in [2.24, 2.45) is 0 Å². The molecule has 4 heteroatoms. The molecule has 0 saturated carbocycles. The zero-order chi connectivity index (χ0) is 15.9. The Morgan fingerprint density at radius 2 is 1.82 bits per heavy atom. The van der Waals surface area contributed by atoms with Gasteiger partial charge in [-0.25, -0.2) is 0 Å². The summed E-state index contributed by atoms with van der Waals surface area (Å²) in [6, 6.07) is 12.5. The summed E-state index contributed by atoms with van der Waals surface area (Å²) in [6.45, 7) is 3.68. The van der Waals surface area contributed by atoms with Crippen molar-refractivity contribution in [2.75, 3.05) is 0 Å². The zero-order valence-corrected chi connectivity index (χ0v) is 12.9. The van der Waals surface area contributed by atoms with E-state index in [9.17, 15) is 9.59 Å². The van der Waals surface area contributed by atoms with E-state index in [-0.39, 0.29) is 16.6 Å². The molecule has 3 nitrogen and oxygen atoms in total. The Hall–Kier alpha value is -2.39. The van der Waals surface area contributed by atoms with Gasteiger partial charge in [-0.3, -0.25) is 9.59 Å². The predicted octanol–water partition coefficient (Wildman–Crippen LogP) is 4.46. The number of benzene rings is 2. The van der Waals surface area contributed by atoms with Crippen molar-refractivity contribution in [3.05, 3.63) is 69.4 Å². The van der Waals surface area contributed by atoms with Gasteiger partial charge in [0.05, 0.1) is 10.9 Å². The van der Waals surface area contributed by atoms with Crippen LogP contribution in [0.25, 0.3) is 22.3 Å². The van der Waals surface area contributed by atoms with Crippen LogP contribution in [0.15, 0.2) is 51.7 Å². The van der Waals surface area contributed by atoms with E-state index in [1.807, 2.05) is 31.2 Å². The van der Waals surface area contributed by atoms with Gasteiger partial charge in [-0.2, -0.15) is 0 Å². The van der Waals surface area contributed by atoms with Gasteiger partial charge in [0.1, 0.15) is 5.76 Å². The molecule has 0 bridgehead atoms. The third-order valence-corrected chi connectivity index (χ3v) is 3.84. The van der Waals surface area contributed by atoms with Gasteiger partial charge in [-0.1, -0.05) is 29.8 Å². The van der Waals surface area contributed by atoms with Crippen molar-refractivity contribution in [1.29, 1.82) is 0 Å². The first-order valence-corrected chi connectivity index (χ1v) is 7.20. The third-order valence-electron chi connectivity index (χ3n) is 3.64. The summed E-state index contributed by atoms with van der Waals surface area (Å²) in [5, 5.41) is -0.284. The molecule has 0 saturated heterocycles. The van der Waals surface area contributed by atoms with Gasteiger partial charge in [0.2, 0.25) is 0 Å². The number of aryl methyl sites for hydroxylation is 1. The van der Waals surface area contributed by atoms with E-state index in [4.69, 9.17) is 16.0 Å². The van der Waals surface area contributed by atoms with Crippen LogP contribution in [0.5, 0.6) is 0 Å². The van der Waals surface area contributed by atoms with Crippen LogP contribution in [0.4, 0.5) is 0 Å². The summed E-state index contributed by atoms with van der Waals surface area (Å²) in [6.07, 6.45) is 0. The molecule has 0 spiro atoms. The van der Waals surface area contributed by atoms with Gasteiger partial charge in [0, 0.05) is 11.1 Å². The minimum atomic E-state index is -0.646. The van der Waals surface area contributed by atoms with Crippen molar-refractivity contribution in [2.45, 2.75) is 13.8 Å². The molecule has 110 valence electrons. The van der Waals surface area contributed by atoms with Gasteiger partial charge in [-0.05, 0) is 43.6 Å². The molecule has 3 rings (SSSR count). The summed E-state index contributed by atoms with van der Waals surface area (Å²) in [4.78, 5) is 24.1. The minimum absolute atomic E-state index is 0.155. The highest BCUT2D eigenvalue weighted by molar-refractivity contribution is 6.68. The topological polar surface area (TPSA) is 47.3 Å². The van der Waals surface area contributed by atoms with Crippen LogP contribution in [0.2, 0.25) is 0 Å². The SMILES string of the molecule is Cc1cccc(-c2oc3c(C(=O)Cl)cccc3c(=O)c2C)c1. The van der Waals surface area contributed by atoms with Gasteiger partial charge in [-0.15, -0.1) is 0 Å². The Morgan fingerprint density at radius 3 is 2.50 bits per heavy atom. The quantitative estimate of drug-likeness (QED) is 0.656. The van der Waals surface area contributed by atoms with Crippen LogP contribution >= 0.6 is 11.6 Å². The predicted molar refractivity (Wildman–Crippen MR) is 87.6 cm³/mol. The molecule has 22 heavy (non-hydrogen) atoms. The highest BCUT2D eigenvalue weighted by atomic mass is 35.5. The van der Waals surface area contributed by atoms with Crippen molar-refractivity contribution in [3.8, 4) is 11.3 Å². The van der Waals surface area contributed by atoms with Crippen LogP contribution in [-0.2, 0) is 0 Å². The number of para-hydroxylation sites is 1. The average Bonchev–Trinajstić information content (AvgIpc) is 2.50. The Bertz CT molecular complexity index is 954. The smallest absolute Gasteiger partial charge is 0.256 e. The highest BCUT2D eigenvalue weighted by Gasteiger charge is 2.17. The second kappa shape index (κ2) is 5.43. The fraction of sp³-hybridized carbons (Fsp3) is 0.111. The van der Waals surface area contributed by atoms with Crippen molar-refractivity contribution in [1.82, 2.24) is 0 Å². The number of carbonyl (C=O) groups excluding carboxylic acids is 1. The van der Waals surface area contributed by atoms with Crippen molar-refractivity contribution < 1.29 is 9.21 Å². The number of halogens is 1. The van der Waals surface area contributed by atoms with Crippen molar-refractivity contribution >= 4 is 27.8 Å². The minimum Gasteiger partial charge on any atom is -0.455 e. The lowest BCUT2D eigenvalue weighted by molar-refractivity contribution is 0.108. The molecule has 0 amide bonds. The van der Waals surface area contributed by atoms with Gasteiger partial charge in [0.25, 0.3) is 5.24 Å². The van der Waals surface area contributed by atoms with E-state index in [2.05, 4.69) is 0 Å². The molecule has 0 fully saturated rings. The zero-order valence-electron chi connectivity index (χ0n) is 12.1. The van der Waals surface area contributed by atoms with Crippen LogP contribution in [0, 0.1) is 13.8 Å². The number of carbonyl (C=O) groups is 1. The summed E-state index contributed by atoms with van der Waals surface area (Å²) in [5.74, 6) is 0.464. The molecule has 0 radical (unpaired) electrons. The lowest BCUT2D eigenvalue weighted by Gasteiger charge is -2.09. The van der Waals surface area contributed by atoms with Crippen LogP contribution in [-0.4, -0.2) is 5.24 Å². The monoisotopic (exact) mass is 312 g/mol. The molecule has 1 aromatic heterocycles. The maximum Gasteiger partial charge on any atom is 0.256 e. The molecule has 0 unspecified atom stereocenters. The summed E-state index contributed by atoms with van der Waals surface area (Å²) in [7, 11) is 0. The third kappa shape index (κ3) is 2.34. The maximum absolute atomic E-state index is 12.6. The Labute approximate surface area is 132 Å². The second-order valence-corrected chi connectivity index (χ2v) is 5.55. The number of rotatable bonds is 2. The number of hydrogen-bond acceptors (Lipinski definition) is 3. The van der Waals surface area contributed by atoms with Crippen LogP contribution < -0.4 is 5.43 Å². The second-order valence-electron chi connectivity index (χ2n) is 5.21. The fourth-order valence-corrected chi connectivity index (χ4v) is 2.67. The number of fused-ring (bicyclic) bond motifs is 1. The lowest BCUT2D eigenvalue weighted by Crippen LogP contribution is -2.08. The van der Waals surface area contributed by atoms with E-state index in [1.165, 1.54) is 0 Å². The molecule has 0 aliphatic heterocycles. The molecule has 0 aliphatic rings. The van der Waals surface area contributed by atoms with E-state index in [1.54, 1.807) is 25.1 Å². The molecule has 3 aromatic rings. The van der Waals surface area contributed by atoms with Gasteiger partial charge < -0.3 is 4.42 Å². The van der Waals surface area contributed by atoms with E-state index in [0.717, 1.165) is 11.1 Å². The molecule has 0 aliphatic carbocycles. The maximum atomic E-state index is 12.6. The summed E-state index contributed by atoms with van der Waals surface area (Å²) < 4.78 is 5.90. The summed E-state index contributed by atoms with van der Waals surface area (Å²) in [5.41, 5.74) is 2.64. The average molecular weight is 313 g/mol. The van der Waals surface area contributed by atoms with E-state index in [0.29, 0.717) is 16.7 Å². The van der Waals surface area contributed by atoms with E-state index >= 15 is 0 Å². The first-order chi connectivity index (χ1) is 10.5. The molecule has 2 aromatic carbocycles. The molecular weight excluding hydrogens is 300 g/mol. The normalized spacial score (nSPS) is 10.9. The lowest BCUT2D eigenvalue weighted by atomic mass is 10.0. The first-order valence-electron chi connectivity index (χ1n) is 6.82. The molecule has 0 N–H and O–H groups in total. The van der Waals surface area contributed by atoms with Gasteiger partial charge in [0.15, 0.2) is 11.0 Å². The first kappa shape index (κ1) is 14.5.